The van der Waals surface area contributed by atoms with E-state index in [-0.39, 0.29) is 12.0 Å². The van der Waals surface area contributed by atoms with Crippen LogP contribution in [0.5, 0.6) is 0 Å². The SMILES string of the molecule is CC1CCN(C(=O)CN(C)CC2CCCC2O)CC1. The van der Waals surface area contributed by atoms with E-state index in [2.05, 4.69) is 11.8 Å². The molecule has 0 aromatic rings. The fourth-order valence-corrected chi connectivity index (χ4v) is 3.28. The summed E-state index contributed by atoms with van der Waals surface area (Å²) in [5.74, 6) is 1.37. The Bertz CT molecular complexity index is 301. The highest BCUT2D eigenvalue weighted by molar-refractivity contribution is 5.78. The van der Waals surface area contributed by atoms with Gasteiger partial charge in [0.1, 0.15) is 0 Å². The lowest BCUT2D eigenvalue weighted by Crippen LogP contribution is -2.44. The van der Waals surface area contributed by atoms with Gasteiger partial charge < -0.3 is 10.0 Å². The third kappa shape index (κ3) is 4.18. The molecule has 1 saturated heterocycles. The van der Waals surface area contributed by atoms with Crippen molar-refractivity contribution in [2.24, 2.45) is 11.8 Å². The zero-order chi connectivity index (χ0) is 13.8. The number of aliphatic hydroxyl groups excluding tert-OH is 1. The van der Waals surface area contributed by atoms with Crippen molar-refractivity contribution in [2.75, 3.05) is 33.2 Å². The first-order valence-corrected chi connectivity index (χ1v) is 7.70. The molecular formula is C15H28N2O2. The van der Waals surface area contributed by atoms with Gasteiger partial charge in [-0.25, -0.2) is 0 Å². The summed E-state index contributed by atoms with van der Waals surface area (Å²) in [4.78, 5) is 16.3. The van der Waals surface area contributed by atoms with Gasteiger partial charge in [0, 0.05) is 19.6 Å². The van der Waals surface area contributed by atoms with Crippen LogP contribution >= 0.6 is 0 Å². The molecule has 0 aromatic heterocycles. The summed E-state index contributed by atoms with van der Waals surface area (Å²) in [7, 11) is 2.00. The van der Waals surface area contributed by atoms with Gasteiger partial charge in [0.25, 0.3) is 0 Å². The number of hydrogen-bond donors (Lipinski definition) is 1. The van der Waals surface area contributed by atoms with Crippen molar-refractivity contribution in [3.8, 4) is 0 Å². The quantitative estimate of drug-likeness (QED) is 0.837. The molecule has 19 heavy (non-hydrogen) atoms. The molecule has 1 aliphatic carbocycles. The molecule has 110 valence electrons. The average Bonchev–Trinajstić information content (AvgIpc) is 2.75. The molecule has 1 saturated carbocycles. The molecule has 1 N–H and O–H groups in total. The Morgan fingerprint density at radius 2 is 1.95 bits per heavy atom. The Balaban J connectivity index is 1.72. The lowest BCUT2D eigenvalue weighted by Gasteiger charge is -2.32. The van der Waals surface area contributed by atoms with Crippen LogP contribution in [0, 0.1) is 11.8 Å². The van der Waals surface area contributed by atoms with E-state index in [9.17, 15) is 9.90 Å². The third-order valence-electron chi connectivity index (χ3n) is 4.71. The van der Waals surface area contributed by atoms with Crippen molar-refractivity contribution in [3.05, 3.63) is 0 Å². The standard InChI is InChI=1S/C15H28N2O2/c1-12-6-8-17(9-7-12)15(19)11-16(2)10-13-4-3-5-14(13)18/h12-14,18H,3-11H2,1-2H3. The number of aliphatic hydroxyl groups is 1. The Morgan fingerprint density at radius 3 is 2.53 bits per heavy atom. The average molecular weight is 268 g/mol. The summed E-state index contributed by atoms with van der Waals surface area (Å²) >= 11 is 0. The van der Waals surface area contributed by atoms with Gasteiger partial charge in [0.15, 0.2) is 0 Å². The number of likely N-dealkylation sites (tertiary alicyclic amines) is 1. The van der Waals surface area contributed by atoms with Gasteiger partial charge in [-0.15, -0.1) is 0 Å². The molecule has 2 rings (SSSR count). The normalized spacial score (nSPS) is 29.2. The zero-order valence-electron chi connectivity index (χ0n) is 12.3. The van der Waals surface area contributed by atoms with E-state index in [0.717, 1.165) is 57.7 Å². The van der Waals surface area contributed by atoms with E-state index in [1.807, 2.05) is 11.9 Å². The molecule has 4 heteroatoms. The van der Waals surface area contributed by atoms with Gasteiger partial charge in [0.2, 0.25) is 5.91 Å². The Morgan fingerprint density at radius 1 is 1.26 bits per heavy atom. The molecule has 2 unspecified atom stereocenters. The van der Waals surface area contributed by atoms with E-state index >= 15 is 0 Å². The minimum Gasteiger partial charge on any atom is -0.393 e. The highest BCUT2D eigenvalue weighted by atomic mass is 16.3. The number of nitrogens with zero attached hydrogens (tertiary/aromatic N) is 2. The van der Waals surface area contributed by atoms with Crippen molar-refractivity contribution < 1.29 is 9.90 Å². The van der Waals surface area contributed by atoms with Gasteiger partial charge in [-0.2, -0.15) is 0 Å². The van der Waals surface area contributed by atoms with Gasteiger partial charge in [-0.1, -0.05) is 13.3 Å². The Kier molecular flexibility index (Phi) is 5.22. The summed E-state index contributed by atoms with van der Waals surface area (Å²) in [6, 6.07) is 0. The topological polar surface area (TPSA) is 43.8 Å². The van der Waals surface area contributed by atoms with Crippen LogP contribution in [0.1, 0.15) is 39.0 Å². The predicted molar refractivity (Wildman–Crippen MR) is 75.8 cm³/mol. The third-order valence-corrected chi connectivity index (χ3v) is 4.71. The van der Waals surface area contributed by atoms with Gasteiger partial charge >= 0.3 is 0 Å². The number of hydrogen-bond acceptors (Lipinski definition) is 3. The number of piperidine rings is 1. The van der Waals surface area contributed by atoms with Crippen molar-refractivity contribution in [1.29, 1.82) is 0 Å². The van der Waals surface area contributed by atoms with Gasteiger partial charge in [-0.3, -0.25) is 9.69 Å². The molecule has 1 aliphatic heterocycles. The summed E-state index contributed by atoms with van der Waals surface area (Å²) in [6.45, 7) is 5.43. The largest absolute Gasteiger partial charge is 0.393 e. The summed E-state index contributed by atoms with van der Waals surface area (Å²) in [5.41, 5.74) is 0. The first-order valence-electron chi connectivity index (χ1n) is 7.70. The lowest BCUT2D eigenvalue weighted by molar-refractivity contribution is -0.133. The predicted octanol–water partition coefficient (Wildman–Crippen LogP) is 1.34. The minimum absolute atomic E-state index is 0.159. The van der Waals surface area contributed by atoms with Crippen molar-refractivity contribution in [2.45, 2.75) is 45.1 Å². The number of carbonyl (C=O) groups excluding carboxylic acids is 1. The first-order chi connectivity index (χ1) is 9.06. The molecule has 0 bridgehead atoms. The molecule has 2 aliphatic rings. The highest BCUT2D eigenvalue weighted by Crippen LogP contribution is 2.26. The summed E-state index contributed by atoms with van der Waals surface area (Å²) in [6.07, 6.45) is 5.26. The van der Waals surface area contributed by atoms with Gasteiger partial charge in [-0.05, 0) is 44.6 Å². The molecule has 1 heterocycles. The maximum Gasteiger partial charge on any atom is 0.236 e. The summed E-state index contributed by atoms with van der Waals surface area (Å²) < 4.78 is 0. The molecular weight excluding hydrogens is 240 g/mol. The lowest BCUT2D eigenvalue weighted by atomic mass is 9.99. The number of rotatable bonds is 4. The fourth-order valence-electron chi connectivity index (χ4n) is 3.28. The second kappa shape index (κ2) is 6.71. The number of amides is 1. The summed E-state index contributed by atoms with van der Waals surface area (Å²) in [5, 5.41) is 9.83. The fraction of sp³-hybridized carbons (Fsp3) is 0.933. The van der Waals surface area contributed by atoms with Gasteiger partial charge in [0.05, 0.1) is 12.6 Å². The molecule has 0 spiro atoms. The molecule has 0 aromatic carbocycles. The smallest absolute Gasteiger partial charge is 0.236 e. The molecule has 2 atom stereocenters. The van der Waals surface area contributed by atoms with E-state index in [0.29, 0.717) is 12.5 Å². The van der Waals surface area contributed by atoms with Crippen LogP contribution in [-0.4, -0.2) is 60.1 Å². The maximum absolute atomic E-state index is 12.2. The van der Waals surface area contributed by atoms with Crippen LogP contribution in [0.3, 0.4) is 0 Å². The maximum atomic E-state index is 12.2. The second-order valence-electron chi connectivity index (χ2n) is 6.52. The van der Waals surface area contributed by atoms with Crippen LogP contribution in [0.15, 0.2) is 0 Å². The van der Waals surface area contributed by atoms with Crippen molar-refractivity contribution >= 4 is 5.91 Å². The molecule has 4 nitrogen and oxygen atoms in total. The molecule has 0 radical (unpaired) electrons. The van der Waals surface area contributed by atoms with E-state index in [1.165, 1.54) is 0 Å². The van der Waals surface area contributed by atoms with E-state index in [4.69, 9.17) is 0 Å². The van der Waals surface area contributed by atoms with Crippen molar-refractivity contribution in [1.82, 2.24) is 9.80 Å². The Labute approximate surface area is 116 Å². The first kappa shape index (κ1) is 14.8. The van der Waals surface area contributed by atoms with Crippen LogP contribution in [0.2, 0.25) is 0 Å². The molecule has 2 fully saturated rings. The van der Waals surface area contributed by atoms with E-state index < -0.39 is 0 Å². The zero-order valence-corrected chi connectivity index (χ0v) is 12.3. The highest BCUT2D eigenvalue weighted by Gasteiger charge is 2.27. The van der Waals surface area contributed by atoms with Crippen LogP contribution in [0.4, 0.5) is 0 Å². The number of carbonyl (C=O) groups is 1. The van der Waals surface area contributed by atoms with Crippen molar-refractivity contribution in [3.63, 3.8) is 0 Å². The number of likely N-dealkylation sites (N-methyl/N-ethyl adjacent to an activating group) is 1. The Hall–Kier alpha value is -0.610. The van der Waals surface area contributed by atoms with E-state index in [1.54, 1.807) is 0 Å². The van der Waals surface area contributed by atoms with Crippen LogP contribution < -0.4 is 0 Å². The second-order valence-corrected chi connectivity index (χ2v) is 6.52. The minimum atomic E-state index is -0.159. The molecule has 1 amide bonds. The monoisotopic (exact) mass is 268 g/mol. The van der Waals surface area contributed by atoms with Crippen LogP contribution in [0.25, 0.3) is 0 Å². The van der Waals surface area contributed by atoms with Crippen LogP contribution in [-0.2, 0) is 4.79 Å².